The zero-order valence-corrected chi connectivity index (χ0v) is 10.6. The zero-order valence-electron chi connectivity index (χ0n) is 9.75. The van der Waals surface area contributed by atoms with Crippen molar-refractivity contribution in [3.8, 4) is 5.75 Å². The van der Waals surface area contributed by atoms with Crippen molar-refractivity contribution in [3.63, 3.8) is 0 Å². The van der Waals surface area contributed by atoms with Crippen LogP contribution in [0.2, 0.25) is 0 Å². The predicted octanol–water partition coefficient (Wildman–Crippen LogP) is 3.37. The summed E-state index contributed by atoms with van der Waals surface area (Å²) in [4.78, 5) is 0. The molecule has 18 heavy (non-hydrogen) atoms. The van der Waals surface area contributed by atoms with Crippen molar-refractivity contribution in [3.05, 3.63) is 60.4 Å². The number of benzene rings is 2. The Morgan fingerprint density at radius 2 is 1.61 bits per heavy atom. The summed E-state index contributed by atoms with van der Waals surface area (Å²) in [6.07, 6.45) is 0. The monoisotopic (exact) mass is 266 g/mol. The van der Waals surface area contributed by atoms with Gasteiger partial charge in [-0.05, 0) is 24.3 Å². The van der Waals surface area contributed by atoms with Crippen LogP contribution in [0, 0.1) is 5.82 Å². The lowest BCUT2D eigenvalue weighted by Gasteiger charge is -2.17. The molecule has 0 heterocycles. The summed E-state index contributed by atoms with van der Waals surface area (Å²) >= 11 is 0. The van der Waals surface area contributed by atoms with E-state index >= 15 is 0 Å². The minimum Gasteiger partial charge on any atom is -0.421 e. The molecule has 5 heteroatoms. The normalized spacial score (nSPS) is 13.9. The Labute approximate surface area is 105 Å². The van der Waals surface area contributed by atoms with E-state index in [1.807, 2.05) is 0 Å². The van der Waals surface area contributed by atoms with E-state index in [-0.39, 0.29) is 5.30 Å². The SMILES string of the molecule is COP(=O)(Oc1ccccc1)c1ccccc1F. The van der Waals surface area contributed by atoms with Crippen LogP contribution in [-0.2, 0) is 9.09 Å². The Kier molecular flexibility index (Phi) is 3.80. The van der Waals surface area contributed by atoms with Crippen molar-refractivity contribution in [2.75, 3.05) is 7.11 Å². The third kappa shape index (κ3) is 2.61. The van der Waals surface area contributed by atoms with Gasteiger partial charge in [0.25, 0.3) is 0 Å². The number of hydrogen-bond acceptors (Lipinski definition) is 3. The van der Waals surface area contributed by atoms with Crippen LogP contribution < -0.4 is 9.83 Å². The van der Waals surface area contributed by atoms with Gasteiger partial charge >= 0.3 is 7.60 Å². The lowest BCUT2D eigenvalue weighted by atomic mass is 10.3. The molecule has 0 saturated heterocycles. The van der Waals surface area contributed by atoms with Crippen molar-refractivity contribution in [1.29, 1.82) is 0 Å². The van der Waals surface area contributed by atoms with Crippen molar-refractivity contribution in [2.24, 2.45) is 0 Å². The first-order chi connectivity index (χ1) is 8.65. The van der Waals surface area contributed by atoms with Crippen molar-refractivity contribution >= 4 is 12.9 Å². The summed E-state index contributed by atoms with van der Waals surface area (Å²) in [5, 5.41) is -0.0728. The molecule has 0 amide bonds. The average molecular weight is 266 g/mol. The highest BCUT2D eigenvalue weighted by Gasteiger charge is 2.30. The molecule has 0 aromatic heterocycles. The third-order valence-corrected chi connectivity index (χ3v) is 4.24. The molecule has 0 fully saturated rings. The van der Waals surface area contributed by atoms with E-state index in [1.54, 1.807) is 36.4 Å². The second-order valence-electron chi connectivity index (χ2n) is 3.54. The zero-order chi connectivity index (χ0) is 13.0. The van der Waals surface area contributed by atoms with Gasteiger partial charge in [0.2, 0.25) is 0 Å². The van der Waals surface area contributed by atoms with E-state index < -0.39 is 13.4 Å². The van der Waals surface area contributed by atoms with Crippen molar-refractivity contribution < 1.29 is 18.0 Å². The Bertz CT molecular complexity index is 571. The van der Waals surface area contributed by atoms with Gasteiger partial charge < -0.3 is 4.52 Å². The average Bonchev–Trinajstić information content (AvgIpc) is 2.40. The van der Waals surface area contributed by atoms with Crippen molar-refractivity contribution in [2.45, 2.75) is 0 Å². The molecule has 0 aliphatic rings. The van der Waals surface area contributed by atoms with Gasteiger partial charge in [0, 0.05) is 7.11 Å². The molecular formula is C13H12FO3P. The van der Waals surface area contributed by atoms with E-state index in [4.69, 9.17) is 9.05 Å². The molecule has 2 rings (SSSR count). The standard InChI is InChI=1S/C13H12FO3P/c1-16-18(15,13-10-6-5-9-12(13)14)17-11-7-3-2-4-8-11/h2-10H,1H3. The molecule has 0 aliphatic carbocycles. The van der Waals surface area contributed by atoms with Gasteiger partial charge in [0.1, 0.15) is 16.9 Å². The number of halogens is 1. The second kappa shape index (κ2) is 5.34. The summed E-state index contributed by atoms with van der Waals surface area (Å²) in [6, 6.07) is 14.2. The highest BCUT2D eigenvalue weighted by atomic mass is 31.2. The van der Waals surface area contributed by atoms with Crippen LogP contribution in [-0.4, -0.2) is 7.11 Å². The van der Waals surface area contributed by atoms with Crippen molar-refractivity contribution in [1.82, 2.24) is 0 Å². The number of hydrogen-bond donors (Lipinski definition) is 0. The fourth-order valence-electron chi connectivity index (χ4n) is 1.48. The number of para-hydroxylation sites is 1. The third-order valence-electron chi connectivity index (χ3n) is 2.36. The Balaban J connectivity index is 2.38. The van der Waals surface area contributed by atoms with E-state index in [0.717, 1.165) is 0 Å². The maximum atomic E-state index is 13.6. The molecule has 0 aliphatic heterocycles. The Hall–Kier alpha value is -1.64. The maximum absolute atomic E-state index is 13.6. The van der Waals surface area contributed by atoms with Crippen LogP contribution in [0.4, 0.5) is 4.39 Å². The molecule has 2 aromatic carbocycles. The van der Waals surface area contributed by atoms with Gasteiger partial charge in [-0.2, -0.15) is 0 Å². The largest absolute Gasteiger partial charge is 0.421 e. The molecule has 0 bridgehead atoms. The highest BCUT2D eigenvalue weighted by molar-refractivity contribution is 7.62. The van der Waals surface area contributed by atoms with E-state index in [0.29, 0.717) is 5.75 Å². The molecule has 2 aromatic rings. The fourth-order valence-corrected chi connectivity index (χ4v) is 2.85. The summed E-state index contributed by atoms with van der Waals surface area (Å²) < 4.78 is 36.3. The quantitative estimate of drug-likeness (QED) is 0.796. The van der Waals surface area contributed by atoms with Gasteiger partial charge in [-0.25, -0.2) is 8.96 Å². The molecule has 0 saturated carbocycles. The van der Waals surface area contributed by atoms with Crippen LogP contribution in [0.15, 0.2) is 54.6 Å². The van der Waals surface area contributed by atoms with E-state index in [9.17, 15) is 8.96 Å². The van der Waals surface area contributed by atoms with E-state index in [2.05, 4.69) is 0 Å². The Morgan fingerprint density at radius 3 is 2.22 bits per heavy atom. The van der Waals surface area contributed by atoms with Gasteiger partial charge in [-0.3, -0.25) is 4.52 Å². The minimum absolute atomic E-state index is 0.0728. The van der Waals surface area contributed by atoms with Gasteiger partial charge in [0.15, 0.2) is 0 Å². The minimum atomic E-state index is -3.69. The lowest BCUT2D eigenvalue weighted by Crippen LogP contribution is -2.14. The molecule has 94 valence electrons. The Morgan fingerprint density at radius 1 is 1.00 bits per heavy atom. The predicted molar refractivity (Wildman–Crippen MR) is 67.7 cm³/mol. The maximum Gasteiger partial charge on any atom is 0.413 e. The second-order valence-corrected chi connectivity index (χ2v) is 5.56. The lowest BCUT2D eigenvalue weighted by molar-refractivity contribution is 0.332. The van der Waals surface area contributed by atoms with Gasteiger partial charge in [-0.1, -0.05) is 30.3 Å². The topological polar surface area (TPSA) is 35.5 Å². The van der Waals surface area contributed by atoms with Gasteiger partial charge in [0.05, 0.1) is 0 Å². The first kappa shape index (κ1) is 12.8. The smallest absolute Gasteiger partial charge is 0.413 e. The molecule has 1 atom stereocenters. The van der Waals surface area contributed by atoms with Crippen LogP contribution >= 0.6 is 7.60 Å². The van der Waals surface area contributed by atoms with Gasteiger partial charge in [-0.15, -0.1) is 0 Å². The number of rotatable bonds is 4. The molecular weight excluding hydrogens is 254 g/mol. The first-order valence-corrected chi connectivity index (χ1v) is 6.85. The highest BCUT2D eigenvalue weighted by Crippen LogP contribution is 2.46. The summed E-state index contributed by atoms with van der Waals surface area (Å²) in [5.41, 5.74) is 0. The van der Waals surface area contributed by atoms with Crippen LogP contribution in [0.25, 0.3) is 0 Å². The van der Waals surface area contributed by atoms with E-state index in [1.165, 1.54) is 25.3 Å². The summed E-state index contributed by atoms with van der Waals surface area (Å²) in [7, 11) is -2.45. The summed E-state index contributed by atoms with van der Waals surface area (Å²) in [6.45, 7) is 0. The molecule has 0 spiro atoms. The molecule has 3 nitrogen and oxygen atoms in total. The van der Waals surface area contributed by atoms with Crippen LogP contribution in [0.5, 0.6) is 5.75 Å². The first-order valence-electron chi connectivity index (χ1n) is 5.31. The van der Waals surface area contributed by atoms with Crippen LogP contribution in [0.3, 0.4) is 0 Å². The molecule has 1 unspecified atom stereocenters. The molecule has 0 N–H and O–H groups in total. The fraction of sp³-hybridized carbons (Fsp3) is 0.0769. The molecule has 0 radical (unpaired) electrons. The van der Waals surface area contributed by atoms with Crippen LogP contribution in [0.1, 0.15) is 0 Å². The summed E-state index contributed by atoms with van der Waals surface area (Å²) in [5.74, 6) is -0.246.